The average Bonchev–Trinajstić information content (AvgIpc) is 1.85. The second-order valence-corrected chi connectivity index (χ2v) is 3.12. The van der Waals surface area contributed by atoms with Crippen molar-refractivity contribution < 1.29 is 0 Å². The van der Waals surface area contributed by atoms with Crippen LogP contribution in [0.4, 0.5) is 0 Å². The SMILES string of the molecule is CC(C)=CC(=N)C(C#N)=C(C)C. The van der Waals surface area contributed by atoms with Crippen molar-refractivity contribution in [3.63, 3.8) is 0 Å². The summed E-state index contributed by atoms with van der Waals surface area (Å²) in [6, 6.07) is 2.02. The van der Waals surface area contributed by atoms with Gasteiger partial charge in [0, 0.05) is 0 Å². The number of nitriles is 1. The highest BCUT2D eigenvalue weighted by molar-refractivity contribution is 6.09. The number of nitrogens with zero attached hydrogens (tertiary/aromatic N) is 1. The van der Waals surface area contributed by atoms with Crippen molar-refractivity contribution in [2.75, 3.05) is 0 Å². The van der Waals surface area contributed by atoms with E-state index in [1.54, 1.807) is 6.08 Å². The molecule has 64 valence electrons. The third-order valence-electron chi connectivity index (χ3n) is 1.31. The molecular formula is C10H14N2. The van der Waals surface area contributed by atoms with Gasteiger partial charge in [0.2, 0.25) is 0 Å². The standard InChI is InChI=1S/C10H14N2/c1-7(2)5-10(12)9(6-11)8(3)4/h5,12H,1-4H3. The topological polar surface area (TPSA) is 47.6 Å². The molecule has 0 radical (unpaired) electrons. The highest BCUT2D eigenvalue weighted by Crippen LogP contribution is 2.05. The molecule has 0 saturated carbocycles. The lowest BCUT2D eigenvalue weighted by atomic mass is 10.1. The Morgan fingerprint density at radius 2 is 1.75 bits per heavy atom. The van der Waals surface area contributed by atoms with Crippen LogP contribution in [0.5, 0.6) is 0 Å². The largest absolute Gasteiger partial charge is 0.300 e. The summed E-state index contributed by atoms with van der Waals surface area (Å²) in [5, 5.41) is 16.3. The lowest BCUT2D eigenvalue weighted by Gasteiger charge is -1.98. The quantitative estimate of drug-likeness (QED) is 0.492. The molecule has 0 aromatic rings. The van der Waals surface area contributed by atoms with Gasteiger partial charge < -0.3 is 0 Å². The molecule has 2 nitrogen and oxygen atoms in total. The molecule has 0 unspecified atom stereocenters. The predicted octanol–water partition coefficient (Wildman–Crippen LogP) is 2.83. The van der Waals surface area contributed by atoms with Gasteiger partial charge in [-0.1, -0.05) is 11.1 Å². The summed E-state index contributed by atoms with van der Waals surface area (Å²) in [6.07, 6.45) is 1.70. The van der Waals surface area contributed by atoms with Crippen molar-refractivity contribution in [2.24, 2.45) is 0 Å². The Morgan fingerprint density at radius 1 is 1.25 bits per heavy atom. The number of allylic oxidation sites excluding steroid dienone is 4. The highest BCUT2D eigenvalue weighted by Gasteiger charge is 2.02. The summed E-state index contributed by atoms with van der Waals surface area (Å²) < 4.78 is 0. The van der Waals surface area contributed by atoms with Gasteiger partial charge in [0.1, 0.15) is 6.07 Å². The van der Waals surface area contributed by atoms with Gasteiger partial charge in [-0.25, -0.2) is 0 Å². The molecule has 0 rings (SSSR count). The zero-order chi connectivity index (χ0) is 9.72. The van der Waals surface area contributed by atoms with Gasteiger partial charge in [-0.05, 0) is 33.8 Å². The Kier molecular flexibility index (Phi) is 3.99. The number of rotatable bonds is 2. The van der Waals surface area contributed by atoms with Crippen molar-refractivity contribution >= 4 is 5.71 Å². The van der Waals surface area contributed by atoms with Gasteiger partial charge >= 0.3 is 0 Å². The van der Waals surface area contributed by atoms with Gasteiger partial charge in [0.05, 0.1) is 11.3 Å². The van der Waals surface area contributed by atoms with Crippen LogP contribution in [-0.2, 0) is 0 Å². The zero-order valence-electron chi connectivity index (χ0n) is 8.02. The summed E-state index contributed by atoms with van der Waals surface area (Å²) in [5.41, 5.74) is 2.70. The minimum absolute atomic E-state index is 0.303. The van der Waals surface area contributed by atoms with E-state index in [1.165, 1.54) is 0 Å². The van der Waals surface area contributed by atoms with Crippen LogP contribution in [-0.4, -0.2) is 5.71 Å². The highest BCUT2D eigenvalue weighted by atomic mass is 14.4. The van der Waals surface area contributed by atoms with E-state index >= 15 is 0 Å². The van der Waals surface area contributed by atoms with Crippen LogP contribution in [0, 0.1) is 16.7 Å². The summed E-state index contributed by atoms with van der Waals surface area (Å²) >= 11 is 0. The van der Waals surface area contributed by atoms with Crippen molar-refractivity contribution in [3.05, 3.63) is 22.8 Å². The molecule has 2 heteroatoms. The molecule has 0 saturated heterocycles. The lowest BCUT2D eigenvalue weighted by Crippen LogP contribution is -1.97. The number of nitrogens with one attached hydrogen (secondary N) is 1. The summed E-state index contributed by atoms with van der Waals surface area (Å²) in [4.78, 5) is 0. The first-order valence-corrected chi connectivity index (χ1v) is 3.80. The van der Waals surface area contributed by atoms with Crippen LogP contribution in [0.1, 0.15) is 27.7 Å². The van der Waals surface area contributed by atoms with Crippen LogP contribution in [0.2, 0.25) is 0 Å². The summed E-state index contributed by atoms with van der Waals surface area (Å²) in [6.45, 7) is 7.50. The van der Waals surface area contributed by atoms with Crippen LogP contribution in [0.15, 0.2) is 22.8 Å². The van der Waals surface area contributed by atoms with Gasteiger partial charge in [-0.2, -0.15) is 5.26 Å². The molecule has 0 heterocycles. The van der Waals surface area contributed by atoms with Gasteiger partial charge in [0.15, 0.2) is 0 Å². The van der Waals surface area contributed by atoms with E-state index in [0.29, 0.717) is 11.3 Å². The van der Waals surface area contributed by atoms with E-state index in [2.05, 4.69) is 0 Å². The third-order valence-corrected chi connectivity index (χ3v) is 1.31. The molecule has 0 fully saturated rings. The van der Waals surface area contributed by atoms with E-state index in [-0.39, 0.29) is 0 Å². The molecule has 1 N–H and O–H groups in total. The van der Waals surface area contributed by atoms with Crippen molar-refractivity contribution in [2.45, 2.75) is 27.7 Å². The molecule has 0 spiro atoms. The van der Waals surface area contributed by atoms with Crippen molar-refractivity contribution in [3.8, 4) is 6.07 Å². The third kappa shape index (κ3) is 3.16. The Bertz CT molecular complexity index is 279. The van der Waals surface area contributed by atoms with Crippen molar-refractivity contribution in [1.82, 2.24) is 0 Å². The van der Waals surface area contributed by atoms with Crippen LogP contribution < -0.4 is 0 Å². The second-order valence-electron chi connectivity index (χ2n) is 3.12. The Labute approximate surface area is 73.7 Å². The fraction of sp³-hybridized carbons (Fsp3) is 0.400. The molecule has 0 atom stereocenters. The molecule has 0 bridgehead atoms. The maximum Gasteiger partial charge on any atom is 0.101 e. The van der Waals surface area contributed by atoms with Crippen molar-refractivity contribution in [1.29, 1.82) is 10.7 Å². The number of hydrogen-bond acceptors (Lipinski definition) is 2. The minimum atomic E-state index is 0.303. The van der Waals surface area contributed by atoms with E-state index in [0.717, 1.165) is 11.1 Å². The molecule has 0 aliphatic heterocycles. The second kappa shape index (κ2) is 4.50. The van der Waals surface area contributed by atoms with Crippen LogP contribution in [0.3, 0.4) is 0 Å². The first-order chi connectivity index (χ1) is 5.49. The predicted molar refractivity (Wildman–Crippen MR) is 51.1 cm³/mol. The Balaban J connectivity index is 4.85. The smallest absolute Gasteiger partial charge is 0.101 e. The molecule has 0 aromatic heterocycles. The zero-order valence-corrected chi connectivity index (χ0v) is 8.02. The monoisotopic (exact) mass is 162 g/mol. The molecular weight excluding hydrogens is 148 g/mol. The van der Waals surface area contributed by atoms with Gasteiger partial charge in [-0.3, -0.25) is 5.41 Å². The fourth-order valence-electron chi connectivity index (χ4n) is 0.802. The molecule has 0 amide bonds. The molecule has 0 aliphatic rings. The summed E-state index contributed by atoms with van der Waals surface area (Å²) in [7, 11) is 0. The van der Waals surface area contributed by atoms with E-state index in [9.17, 15) is 0 Å². The average molecular weight is 162 g/mol. The molecule has 12 heavy (non-hydrogen) atoms. The normalized spacial score (nSPS) is 8.25. The molecule has 0 aromatic carbocycles. The minimum Gasteiger partial charge on any atom is -0.300 e. The Hall–Kier alpha value is -1.36. The molecule has 0 aliphatic carbocycles. The Morgan fingerprint density at radius 3 is 2.00 bits per heavy atom. The van der Waals surface area contributed by atoms with Gasteiger partial charge in [-0.15, -0.1) is 0 Å². The lowest BCUT2D eigenvalue weighted by molar-refractivity contribution is 1.33. The first-order valence-electron chi connectivity index (χ1n) is 3.80. The summed E-state index contributed by atoms with van der Waals surface area (Å²) in [5.74, 6) is 0. The van der Waals surface area contributed by atoms with E-state index in [1.807, 2.05) is 33.8 Å². The van der Waals surface area contributed by atoms with Gasteiger partial charge in [0.25, 0.3) is 0 Å². The van der Waals surface area contributed by atoms with E-state index in [4.69, 9.17) is 10.7 Å². The van der Waals surface area contributed by atoms with Crippen LogP contribution >= 0.6 is 0 Å². The van der Waals surface area contributed by atoms with E-state index < -0.39 is 0 Å². The number of hydrogen-bond donors (Lipinski definition) is 1. The fourth-order valence-corrected chi connectivity index (χ4v) is 0.802. The maximum atomic E-state index is 8.70. The maximum absolute atomic E-state index is 8.70. The first kappa shape index (κ1) is 10.6. The van der Waals surface area contributed by atoms with Crippen LogP contribution in [0.25, 0.3) is 0 Å².